The summed E-state index contributed by atoms with van der Waals surface area (Å²) in [5, 5.41) is 2.56. The molecule has 0 bridgehead atoms. The van der Waals surface area contributed by atoms with Crippen molar-refractivity contribution in [2.45, 2.75) is 5.92 Å². The second kappa shape index (κ2) is 5.52. The monoisotopic (exact) mass is 289 g/mol. The van der Waals surface area contributed by atoms with Crippen molar-refractivity contribution in [1.82, 2.24) is 5.32 Å². The van der Waals surface area contributed by atoms with Gasteiger partial charge >= 0.3 is 0 Å². The van der Waals surface area contributed by atoms with Gasteiger partial charge in [-0.15, -0.1) is 0 Å². The van der Waals surface area contributed by atoms with Crippen molar-refractivity contribution in [2.75, 3.05) is 13.2 Å². The Labute approximate surface area is 120 Å². The predicted molar refractivity (Wildman–Crippen MR) is 73.4 cm³/mol. The molecule has 0 spiro atoms. The van der Waals surface area contributed by atoms with Gasteiger partial charge in [0.25, 0.3) is 5.91 Å². The summed E-state index contributed by atoms with van der Waals surface area (Å²) < 4.78 is 32.5. The summed E-state index contributed by atoms with van der Waals surface area (Å²) >= 11 is 0. The number of hydrogen-bond acceptors (Lipinski definition) is 2. The van der Waals surface area contributed by atoms with Crippen molar-refractivity contribution in [1.29, 1.82) is 0 Å². The van der Waals surface area contributed by atoms with Crippen molar-refractivity contribution in [3.8, 4) is 5.75 Å². The minimum atomic E-state index is -0.865. The summed E-state index contributed by atoms with van der Waals surface area (Å²) in [5.41, 5.74) is 0.441. The molecule has 0 radical (unpaired) electrons. The smallest absolute Gasteiger partial charge is 0.257 e. The molecule has 3 nitrogen and oxygen atoms in total. The van der Waals surface area contributed by atoms with E-state index < -0.39 is 23.1 Å². The summed E-state index contributed by atoms with van der Waals surface area (Å²) in [5.74, 6) is -1.71. The summed E-state index contributed by atoms with van der Waals surface area (Å²) in [7, 11) is 0. The molecule has 2 aromatic rings. The molecule has 0 saturated carbocycles. The van der Waals surface area contributed by atoms with Crippen LogP contribution in [0.5, 0.6) is 5.75 Å². The minimum Gasteiger partial charge on any atom is -0.493 e. The maximum atomic E-state index is 13.5. The van der Waals surface area contributed by atoms with Crippen LogP contribution in [0, 0.1) is 11.6 Å². The highest BCUT2D eigenvalue weighted by molar-refractivity contribution is 5.94. The van der Waals surface area contributed by atoms with Crippen molar-refractivity contribution >= 4 is 5.91 Å². The average Bonchev–Trinajstić information content (AvgIpc) is 2.88. The normalized spacial score (nSPS) is 16.2. The van der Waals surface area contributed by atoms with Crippen LogP contribution < -0.4 is 10.1 Å². The summed E-state index contributed by atoms with van der Waals surface area (Å²) in [4.78, 5) is 11.9. The molecule has 108 valence electrons. The van der Waals surface area contributed by atoms with Crippen molar-refractivity contribution in [3.63, 3.8) is 0 Å². The van der Waals surface area contributed by atoms with Crippen LogP contribution in [0.4, 0.5) is 8.78 Å². The summed E-state index contributed by atoms with van der Waals surface area (Å²) in [6.07, 6.45) is 0. The highest BCUT2D eigenvalue weighted by Crippen LogP contribution is 2.32. The number of nitrogens with one attached hydrogen (secondary N) is 1. The third kappa shape index (κ3) is 2.59. The molecule has 0 aliphatic carbocycles. The van der Waals surface area contributed by atoms with Crippen molar-refractivity contribution < 1.29 is 18.3 Å². The minimum absolute atomic E-state index is 0.0139. The van der Waals surface area contributed by atoms with Crippen molar-refractivity contribution in [3.05, 3.63) is 65.2 Å². The Bertz CT molecular complexity index is 667. The van der Waals surface area contributed by atoms with Crippen LogP contribution >= 0.6 is 0 Å². The number of carbonyl (C=O) groups excluding carboxylic acids is 1. The first-order chi connectivity index (χ1) is 10.2. The lowest BCUT2D eigenvalue weighted by Crippen LogP contribution is -2.30. The predicted octanol–water partition coefficient (Wildman–Crippen LogP) is 2.87. The molecule has 1 aliphatic heterocycles. The van der Waals surface area contributed by atoms with E-state index in [1.165, 1.54) is 6.07 Å². The maximum absolute atomic E-state index is 13.5. The van der Waals surface area contributed by atoms with E-state index in [-0.39, 0.29) is 12.5 Å². The van der Waals surface area contributed by atoms with Gasteiger partial charge in [-0.3, -0.25) is 4.79 Å². The average molecular weight is 289 g/mol. The fourth-order valence-electron chi connectivity index (χ4n) is 2.42. The van der Waals surface area contributed by atoms with Gasteiger partial charge in [0, 0.05) is 18.0 Å². The number of amides is 1. The van der Waals surface area contributed by atoms with Crippen molar-refractivity contribution in [2.24, 2.45) is 0 Å². The largest absolute Gasteiger partial charge is 0.493 e. The van der Waals surface area contributed by atoms with Crippen LogP contribution in [-0.2, 0) is 0 Å². The SMILES string of the molecule is O=C(NCC1COc2ccccc21)c1c(F)cccc1F. The first kappa shape index (κ1) is 13.5. The molecule has 1 amide bonds. The number of benzene rings is 2. The molecule has 0 aromatic heterocycles. The van der Waals surface area contributed by atoms with Crippen LogP contribution in [0.15, 0.2) is 42.5 Å². The highest BCUT2D eigenvalue weighted by atomic mass is 19.1. The number of halogens is 2. The Morgan fingerprint density at radius 1 is 1.14 bits per heavy atom. The Balaban J connectivity index is 1.70. The van der Waals surface area contributed by atoms with E-state index in [2.05, 4.69) is 5.32 Å². The zero-order valence-electron chi connectivity index (χ0n) is 11.1. The third-order valence-corrected chi connectivity index (χ3v) is 3.50. The van der Waals surface area contributed by atoms with Crippen LogP contribution in [0.2, 0.25) is 0 Å². The van der Waals surface area contributed by atoms with E-state index in [0.29, 0.717) is 6.61 Å². The van der Waals surface area contributed by atoms with Gasteiger partial charge in [-0.25, -0.2) is 8.78 Å². The molecule has 1 aliphatic rings. The van der Waals surface area contributed by atoms with Gasteiger partial charge in [-0.05, 0) is 18.2 Å². The molecule has 2 aromatic carbocycles. The van der Waals surface area contributed by atoms with Crippen LogP contribution in [0.25, 0.3) is 0 Å². The van der Waals surface area contributed by atoms with Gasteiger partial charge in [0.1, 0.15) is 22.9 Å². The summed E-state index contributed by atoms with van der Waals surface area (Å²) in [6.45, 7) is 0.711. The Hall–Kier alpha value is -2.43. The molecule has 21 heavy (non-hydrogen) atoms. The Kier molecular flexibility index (Phi) is 3.56. The van der Waals surface area contributed by atoms with E-state index in [0.717, 1.165) is 23.4 Å². The van der Waals surface area contributed by atoms with Crippen LogP contribution in [0.1, 0.15) is 21.8 Å². The number of para-hydroxylation sites is 1. The molecule has 5 heteroatoms. The first-order valence-electron chi connectivity index (χ1n) is 6.60. The zero-order chi connectivity index (χ0) is 14.8. The fourth-order valence-corrected chi connectivity index (χ4v) is 2.42. The topological polar surface area (TPSA) is 38.3 Å². The maximum Gasteiger partial charge on any atom is 0.257 e. The van der Waals surface area contributed by atoms with Gasteiger partial charge in [0.15, 0.2) is 0 Å². The Morgan fingerprint density at radius 3 is 2.62 bits per heavy atom. The van der Waals surface area contributed by atoms with Gasteiger partial charge in [-0.1, -0.05) is 24.3 Å². The number of ether oxygens (including phenoxy) is 1. The molecular weight excluding hydrogens is 276 g/mol. The molecule has 0 saturated heterocycles. The number of fused-ring (bicyclic) bond motifs is 1. The van der Waals surface area contributed by atoms with Crippen LogP contribution in [-0.4, -0.2) is 19.1 Å². The van der Waals surface area contributed by atoms with E-state index in [1.54, 1.807) is 0 Å². The lowest BCUT2D eigenvalue weighted by atomic mass is 10.0. The van der Waals surface area contributed by atoms with Gasteiger partial charge in [0.05, 0.1) is 6.61 Å². The van der Waals surface area contributed by atoms with E-state index in [4.69, 9.17) is 4.74 Å². The third-order valence-electron chi connectivity index (χ3n) is 3.50. The molecule has 1 N–H and O–H groups in total. The lowest BCUT2D eigenvalue weighted by Gasteiger charge is -2.11. The zero-order valence-corrected chi connectivity index (χ0v) is 11.1. The van der Waals surface area contributed by atoms with Gasteiger partial charge in [-0.2, -0.15) is 0 Å². The first-order valence-corrected chi connectivity index (χ1v) is 6.60. The molecule has 3 rings (SSSR count). The number of rotatable bonds is 3. The second-order valence-electron chi connectivity index (χ2n) is 4.85. The molecule has 1 atom stereocenters. The Morgan fingerprint density at radius 2 is 1.86 bits per heavy atom. The number of hydrogen-bond donors (Lipinski definition) is 1. The van der Waals surface area contributed by atoms with Gasteiger partial charge in [0.2, 0.25) is 0 Å². The summed E-state index contributed by atoms with van der Waals surface area (Å²) in [6, 6.07) is 10.9. The molecule has 0 fully saturated rings. The number of carbonyl (C=O) groups is 1. The quantitative estimate of drug-likeness (QED) is 0.943. The molecule has 1 unspecified atom stereocenters. The second-order valence-corrected chi connectivity index (χ2v) is 4.85. The lowest BCUT2D eigenvalue weighted by molar-refractivity contribution is 0.0941. The van der Waals surface area contributed by atoms with Crippen LogP contribution in [0.3, 0.4) is 0 Å². The molecule has 1 heterocycles. The van der Waals surface area contributed by atoms with E-state index in [1.807, 2.05) is 24.3 Å². The highest BCUT2D eigenvalue weighted by Gasteiger charge is 2.25. The van der Waals surface area contributed by atoms with E-state index in [9.17, 15) is 13.6 Å². The van der Waals surface area contributed by atoms with Gasteiger partial charge < -0.3 is 10.1 Å². The van der Waals surface area contributed by atoms with E-state index >= 15 is 0 Å². The standard InChI is InChI=1S/C16H13F2NO2/c17-12-5-3-6-13(18)15(12)16(20)19-8-10-9-21-14-7-2-1-4-11(10)14/h1-7,10H,8-9H2,(H,19,20). The molecular formula is C16H13F2NO2. The fraction of sp³-hybridized carbons (Fsp3) is 0.188.